The molecule has 218 valence electrons. The van der Waals surface area contributed by atoms with E-state index in [9.17, 15) is 0 Å². The molecule has 0 unspecified atom stereocenters. The van der Waals surface area contributed by atoms with Gasteiger partial charge in [0.15, 0.2) is 11.0 Å². The number of thiazole rings is 1. The third-order valence-electron chi connectivity index (χ3n) is 8.75. The first kappa shape index (κ1) is 28.2. The lowest BCUT2D eigenvalue weighted by Gasteiger charge is -2.21. The van der Waals surface area contributed by atoms with E-state index in [1.165, 1.54) is 60.6 Å². The van der Waals surface area contributed by atoms with Crippen LogP contribution < -0.4 is 4.57 Å². The van der Waals surface area contributed by atoms with E-state index in [2.05, 4.69) is 160 Å². The summed E-state index contributed by atoms with van der Waals surface area (Å²) in [6, 6.07) is 39.6. The van der Waals surface area contributed by atoms with E-state index in [4.69, 9.17) is 4.98 Å². The molecule has 3 nitrogen and oxygen atoms in total. The summed E-state index contributed by atoms with van der Waals surface area (Å²) in [6.07, 6.45) is 0. The molecule has 0 atom stereocenters. The quantitative estimate of drug-likeness (QED) is 0.176. The highest BCUT2D eigenvalue weighted by molar-refractivity contribution is 7.21. The van der Waals surface area contributed by atoms with Crippen molar-refractivity contribution in [3.05, 3.63) is 126 Å². The molecule has 0 radical (unpaired) electrons. The predicted molar refractivity (Wildman–Crippen MR) is 187 cm³/mol. The number of para-hydroxylation sites is 2. The van der Waals surface area contributed by atoms with Crippen molar-refractivity contribution in [2.45, 2.75) is 46.5 Å². The Morgan fingerprint density at radius 3 is 1.91 bits per heavy atom. The Morgan fingerprint density at radius 2 is 1.27 bits per heavy atom. The van der Waals surface area contributed by atoms with Crippen LogP contribution in [-0.4, -0.2) is 9.55 Å². The Bertz CT molecular complexity index is 2100. The first-order chi connectivity index (χ1) is 21.3. The third kappa shape index (κ3) is 4.74. The van der Waals surface area contributed by atoms with Crippen LogP contribution in [0.15, 0.2) is 109 Å². The molecule has 2 heterocycles. The first-order valence-corrected chi connectivity index (χ1v) is 16.3. The van der Waals surface area contributed by atoms with Gasteiger partial charge >= 0.3 is 0 Å². The second kappa shape index (κ2) is 11.2. The van der Waals surface area contributed by atoms with E-state index >= 15 is 0 Å². The van der Waals surface area contributed by atoms with Crippen molar-refractivity contribution in [2.24, 2.45) is 7.05 Å². The van der Waals surface area contributed by atoms with Gasteiger partial charge in [-0.2, -0.15) is 4.57 Å². The molecule has 0 saturated carbocycles. The molecule has 4 heteroatoms. The fourth-order valence-corrected chi connectivity index (χ4v) is 7.47. The van der Waals surface area contributed by atoms with Gasteiger partial charge in [-0.3, -0.25) is 0 Å². The Labute approximate surface area is 264 Å². The molecule has 7 aromatic rings. The highest BCUT2D eigenvalue weighted by atomic mass is 32.1. The topological polar surface area (TPSA) is 21.7 Å². The standard InChI is InChI=1S/C40H38N3S/c1-25(2)31-22-30(28-15-9-7-10-16-28)23-32(26(3)4)38(31)43-36-20-14-13-19-35(36)42(6)40(43)33-24-37-34(21-27(33)5)41-39(44-37)29-17-11-8-12-18-29/h7-26H,1-6H3/q+1. The maximum absolute atomic E-state index is 5.04. The second-order valence-electron chi connectivity index (χ2n) is 12.4. The van der Waals surface area contributed by atoms with Gasteiger partial charge in [0.1, 0.15) is 10.7 Å². The predicted octanol–water partition coefficient (Wildman–Crippen LogP) is 10.6. The molecule has 0 bridgehead atoms. The van der Waals surface area contributed by atoms with E-state index in [0.29, 0.717) is 11.8 Å². The van der Waals surface area contributed by atoms with Crippen LogP contribution in [0.4, 0.5) is 0 Å². The molecule has 0 saturated heterocycles. The molecule has 2 aromatic heterocycles. The zero-order valence-corrected chi connectivity index (χ0v) is 27.1. The summed E-state index contributed by atoms with van der Waals surface area (Å²) in [4.78, 5) is 5.04. The van der Waals surface area contributed by atoms with Crippen molar-refractivity contribution in [3.8, 4) is 38.8 Å². The fourth-order valence-electron chi connectivity index (χ4n) is 6.48. The maximum Gasteiger partial charge on any atom is 0.295 e. The molecule has 0 spiro atoms. The van der Waals surface area contributed by atoms with Crippen LogP contribution in [-0.2, 0) is 7.05 Å². The average molecular weight is 593 g/mol. The first-order valence-electron chi connectivity index (χ1n) is 15.5. The molecule has 0 aliphatic rings. The van der Waals surface area contributed by atoms with Crippen LogP contribution in [0, 0.1) is 6.92 Å². The Balaban J connectivity index is 1.54. The van der Waals surface area contributed by atoms with Gasteiger partial charge in [-0.15, -0.1) is 11.3 Å². The monoisotopic (exact) mass is 592 g/mol. The third-order valence-corrected chi connectivity index (χ3v) is 9.82. The van der Waals surface area contributed by atoms with Crippen molar-refractivity contribution in [1.29, 1.82) is 0 Å². The number of aryl methyl sites for hydroxylation is 2. The van der Waals surface area contributed by atoms with Crippen molar-refractivity contribution in [3.63, 3.8) is 0 Å². The van der Waals surface area contributed by atoms with Crippen molar-refractivity contribution in [1.82, 2.24) is 9.55 Å². The van der Waals surface area contributed by atoms with E-state index in [-0.39, 0.29) is 0 Å². The molecular weight excluding hydrogens is 555 g/mol. The molecule has 5 aromatic carbocycles. The van der Waals surface area contributed by atoms with Gasteiger partial charge in [-0.25, -0.2) is 9.55 Å². The van der Waals surface area contributed by atoms with Crippen LogP contribution in [0.3, 0.4) is 0 Å². The van der Waals surface area contributed by atoms with Gasteiger partial charge in [-0.1, -0.05) is 100 Å². The molecule has 0 amide bonds. The summed E-state index contributed by atoms with van der Waals surface area (Å²) in [7, 11) is 2.21. The van der Waals surface area contributed by atoms with Crippen LogP contribution >= 0.6 is 11.3 Å². The molecule has 0 aliphatic heterocycles. The van der Waals surface area contributed by atoms with Gasteiger partial charge in [-0.05, 0) is 71.8 Å². The normalized spacial score (nSPS) is 11.8. The van der Waals surface area contributed by atoms with Crippen LogP contribution in [0.2, 0.25) is 0 Å². The number of nitrogens with zero attached hydrogens (tertiary/aromatic N) is 3. The molecule has 0 fully saturated rings. The summed E-state index contributed by atoms with van der Waals surface area (Å²) in [5.74, 6) is 1.87. The summed E-state index contributed by atoms with van der Waals surface area (Å²) >= 11 is 1.77. The number of hydrogen-bond acceptors (Lipinski definition) is 2. The van der Waals surface area contributed by atoms with E-state index in [1.807, 2.05) is 0 Å². The van der Waals surface area contributed by atoms with Gasteiger partial charge < -0.3 is 0 Å². The van der Waals surface area contributed by atoms with Crippen LogP contribution in [0.1, 0.15) is 56.2 Å². The summed E-state index contributed by atoms with van der Waals surface area (Å²) in [6.45, 7) is 11.5. The lowest BCUT2D eigenvalue weighted by Crippen LogP contribution is -2.30. The minimum atomic E-state index is 0.337. The van der Waals surface area contributed by atoms with Gasteiger partial charge in [0.25, 0.3) is 5.82 Å². The SMILES string of the molecule is Cc1cc2nc(-c3ccccc3)sc2cc1-c1n(-c2c(C(C)C)cc(-c3ccccc3)cc2C(C)C)c2ccccc2[n+]1C. The smallest absolute Gasteiger partial charge is 0.236 e. The van der Waals surface area contributed by atoms with E-state index < -0.39 is 0 Å². The zero-order valence-electron chi connectivity index (χ0n) is 26.3. The lowest BCUT2D eigenvalue weighted by atomic mass is 9.88. The maximum atomic E-state index is 5.04. The van der Waals surface area contributed by atoms with Crippen molar-refractivity contribution < 1.29 is 4.57 Å². The average Bonchev–Trinajstić information content (AvgIpc) is 3.58. The Morgan fingerprint density at radius 1 is 0.682 bits per heavy atom. The molecule has 44 heavy (non-hydrogen) atoms. The number of aromatic nitrogens is 3. The zero-order chi connectivity index (χ0) is 30.5. The molecular formula is C40H38N3S+. The van der Waals surface area contributed by atoms with Gasteiger partial charge in [0.2, 0.25) is 0 Å². The van der Waals surface area contributed by atoms with E-state index in [1.54, 1.807) is 11.3 Å². The van der Waals surface area contributed by atoms with Crippen LogP contribution in [0.25, 0.3) is 60.0 Å². The number of imidazole rings is 1. The lowest BCUT2D eigenvalue weighted by molar-refractivity contribution is -0.633. The van der Waals surface area contributed by atoms with Crippen molar-refractivity contribution in [2.75, 3.05) is 0 Å². The summed E-state index contributed by atoms with van der Waals surface area (Å²) < 4.78 is 6.12. The summed E-state index contributed by atoms with van der Waals surface area (Å²) in [5, 5.41) is 1.06. The Kier molecular flexibility index (Phi) is 7.18. The minimum Gasteiger partial charge on any atom is -0.236 e. The molecule has 0 aliphatic carbocycles. The number of hydrogen-bond donors (Lipinski definition) is 0. The Hall–Kier alpha value is -4.54. The van der Waals surface area contributed by atoms with E-state index in [0.717, 1.165) is 16.1 Å². The van der Waals surface area contributed by atoms with Gasteiger partial charge in [0.05, 0.1) is 22.8 Å². The van der Waals surface area contributed by atoms with Crippen LogP contribution in [0.5, 0.6) is 0 Å². The number of rotatable bonds is 6. The van der Waals surface area contributed by atoms with Crippen molar-refractivity contribution >= 4 is 32.6 Å². The fraction of sp³-hybridized carbons (Fsp3) is 0.200. The second-order valence-corrected chi connectivity index (χ2v) is 13.4. The molecule has 7 rings (SSSR count). The highest BCUT2D eigenvalue weighted by Crippen LogP contribution is 2.41. The molecule has 0 N–H and O–H groups in total. The van der Waals surface area contributed by atoms with Gasteiger partial charge in [0, 0.05) is 16.7 Å². The number of benzene rings is 5. The number of fused-ring (bicyclic) bond motifs is 2. The minimum absolute atomic E-state index is 0.337. The largest absolute Gasteiger partial charge is 0.295 e. The highest BCUT2D eigenvalue weighted by Gasteiger charge is 2.32. The summed E-state index contributed by atoms with van der Waals surface area (Å²) in [5.41, 5.74) is 13.7.